The fourth-order valence-electron chi connectivity index (χ4n) is 8.14. The maximum Gasteiger partial charge on any atom is 0.181 e. The first-order chi connectivity index (χ1) is 27.6. The zero-order valence-corrected chi connectivity index (χ0v) is 35.0. The van der Waals surface area contributed by atoms with Crippen LogP contribution in [0.3, 0.4) is 0 Å². The lowest BCUT2D eigenvalue weighted by atomic mass is 10.1. The Hall–Kier alpha value is -3.29. The number of hydrogen-bond acceptors (Lipinski definition) is 18. The summed E-state index contributed by atoms with van der Waals surface area (Å²) < 4.78 is 78.1. The largest absolute Gasteiger partial charge is 0.490 e. The number of thioether (sulfide) groups is 3. The molecule has 0 radical (unpaired) electrons. The first-order valence-corrected chi connectivity index (χ1v) is 23.7. The van der Waals surface area contributed by atoms with E-state index in [2.05, 4.69) is 13.8 Å². The maximum absolute atomic E-state index is 6.52. The summed E-state index contributed by atoms with van der Waals surface area (Å²) in [6.07, 6.45) is 0. The van der Waals surface area contributed by atoms with E-state index in [4.69, 9.17) is 56.8 Å². The molecule has 0 saturated carbocycles. The van der Waals surface area contributed by atoms with Crippen molar-refractivity contribution in [2.75, 3.05) is 79.3 Å². The highest BCUT2D eigenvalue weighted by Gasteiger charge is 2.52. The topological polar surface area (TPSA) is 111 Å². The molecule has 4 unspecified atom stereocenters. The Morgan fingerprint density at radius 3 is 1.45 bits per heavy atom. The summed E-state index contributed by atoms with van der Waals surface area (Å²) in [6, 6.07) is 0. The van der Waals surface area contributed by atoms with Gasteiger partial charge in [-0.2, -0.15) is 0 Å². The molecule has 12 nitrogen and oxygen atoms in total. The van der Waals surface area contributed by atoms with Gasteiger partial charge in [-0.25, -0.2) is 0 Å². The second-order valence-corrected chi connectivity index (χ2v) is 20.8. The Labute approximate surface area is 345 Å². The molecule has 0 N–H and O–H groups in total. The predicted octanol–water partition coefficient (Wildman–Crippen LogP) is 6.25. The van der Waals surface area contributed by atoms with Crippen LogP contribution in [0.25, 0.3) is 9.81 Å². The van der Waals surface area contributed by atoms with Gasteiger partial charge in [0.1, 0.15) is 95.5 Å². The Balaban J connectivity index is 0.975. The molecule has 12 heterocycles. The standard InChI is InChI=1S/C38H34O12S6/c1-15-17-19(41-5-3-39-17)29(51-15)31-21-23(45-9-7-43-21)33(53-31)35-25-27(49-13-11-47-25)37(55-35)38-28-26(48-12-14-50-28)36(56-38)34-24-22(44-8-10-46-24)32(54-34)30-20-18(16(2)52-30)40-4-6-42-20/h31-33,35H,3-14H2,1-2H3/b36-34+,38-37+. The van der Waals surface area contributed by atoms with Crippen LogP contribution in [0.1, 0.15) is 30.0 Å². The van der Waals surface area contributed by atoms with Crippen LogP contribution in [-0.4, -0.2) is 89.8 Å². The fraction of sp³-hybridized carbons (Fsp3) is 0.474. The molecule has 4 atom stereocenters. The van der Waals surface area contributed by atoms with Crippen LogP contribution >= 0.6 is 69.3 Å². The number of fused-ring (bicyclic) bond motifs is 3. The first-order valence-electron chi connectivity index (χ1n) is 18.6. The lowest BCUT2D eigenvalue weighted by Crippen LogP contribution is -2.27. The average molecular weight is 875 g/mol. The Kier molecular flexibility index (Phi) is 8.46. The van der Waals surface area contributed by atoms with E-state index in [-0.39, 0.29) is 21.0 Å². The maximum atomic E-state index is 6.52. The number of ether oxygens (including phenoxy) is 12. The average Bonchev–Trinajstić information content (AvgIpc) is 4.10. The summed E-state index contributed by atoms with van der Waals surface area (Å²) in [4.78, 5) is 6.28. The number of aryl methyl sites for hydroxylation is 2. The summed E-state index contributed by atoms with van der Waals surface area (Å²) in [5.41, 5.74) is 0. The smallest absolute Gasteiger partial charge is 0.181 e. The molecular weight excluding hydrogens is 841 g/mol. The molecule has 294 valence electrons. The molecule has 0 amide bonds. The molecule has 0 aromatic carbocycles. The highest BCUT2D eigenvalue weighted by molar-refractivity contribution is 8.11. The zero-order chi connectivity index (χ0) is 37.1. The lowest BCUT2D eigenvalue weighted by molar-refractivity contribution is 0.0536. The Morgan fingerprint density at radius 2 is 0.821 bits per heavy atom. The molecular formula is C38H34O12S6. The van der Waals surface area contributed by atoms with Crippen molar-refractivity contribution in [1.82, 2.24) is 0 Å². The van der Waals surface area contributed by atoms with E-state index in [9.17, 15) is 0 Å². The van der Waals surface area contributed by atoms with Gasteiger partial charge in [0, 0.05) is 9.75 Å². The van der Waals surface area contributed by atoms with Gasteiger partial charge in [-0.1, -0.05) is 0 Å². The predicted molar refractivity (Wildman–Crippen MR) is 214 cm³/mol. The third-order valence-corrected chi connectivity index (χ3v) is 18.7. The SMILES string of the molecule is Cc1sc(C2S/C(=c3/s/c(=C4/SC(C5SC(c6sc(C)c7c6OCCO7)C6=C5OCCO6)C5=C4OCCO5)c4c3OCCO4)C3=C2OCCO3)c2c1OCCO2. The van der Waals surface area contributed by atoms with Crippen molar-refractivity contribution in [1.29, 1.82) is 0 Å². The van der Waals surface area contributed by atoms with Crippen molar-refractivity contribution in [3.63, 3.8) is 0 Å². The van der Waals surface area contributed by atoms with E-state index in [0.29, 0.717) is 90.8 Å². The molecule has 3 aromatic rings. The van der Waals surface area contributed by atoms with Gasteiger partial charge in [-0.05, 0) is 13.8 Å². The molecule has 9 aliphatic heterocycles. The molecule has 12 rings (SSSR count). The van der Waals surface area contributed by atoms with Crippen LogP contribution in [0.5, 0.6) is 34.5 Å². The molecule has 0 fully saturated rings. The van der Waals surface area contributed by atoms with E-state index >= 15 is 0 Å². The van der Waals surface area contributed by atoms with E-state index in [1.165, 1.54) is 0 Å². The van der Waals surface area contributed by atoms with Crippen LogP contribution in [0, 0.1) is 13.8 Å². The fourth-order valence-corrected chi connectivity index (χ4v) is 16.6. The third kappa shape index (κ3) is 5.24. The highest BCUT2D eigenvalue weighted by Crippen LogP contribution is 2.63. The summed E-state index contributed by atoms with van der Waals surface area (Å²) in [7, 11) is 0. The van der Waals surface area contributed by atoms with Crippen molar-refractivity contribution < 1.29 is 56.8 Å². The second-order valence-electron chi connectivity index (χ2n) is 13.7. The van der Waals surface area contributed by atoms with Gasteiger partial charge in [0.05, 0.1) is 39.1 Å². The van der Waals surface area contributed by atoms with Crippen molar-refractivity contribution >= 4 is 79.1 Å². The quantitative estimate of drug-likeness (QED) is 0.296. The number of thiophene rings is 3. The summed E-state index contributed by atoms with van der Waals surface area (Å²) in [5.74, 6) is 9.53. The minimum absolute atomic E-state index is 0.0980. The third-order valence-electron chi connectivity index (χ3n) is 10.4. The van der Waals surface area contributed by atoms with Gasteiger partial charge in [0.15, 0.2) is 63.3 Å². The van der Waals surface area contributed by atoms with Crippen molar-refractivity contribution in [2.45, 2.75) is 34.8 Å². The molecule has 18 heteroatoms. The monoisotopic (exact) mass is 874 g/mol. The highest BCUT2D eigenvalue weighted by atomic mass is 32.2. The minimum Gasteiger partial charge on any atom is -0.490 e. The summed E-state index contributed by atoms with van der Waals surface area (Å²) >= 11 is 10.3. The van der Waals surface area contributed by atoms with Crippen molar-refractivity contribution in [3.05, 3.63) is 63.1 Å². The van der Waals surface area contributed by atoms with E-state index < -0.39 is 0 Å². The number of hydrogen-bond donors (Lipinski definition) is 0. The van der Waals surface area contributed by atoms with Gasteiger partial charge in [0.25, 0.3) is 0 Å². The lowest BCUT2D eigenvalue weighted by Gasteiger charge is -2.26. The summed E-state index contributed by atoms with van der Waals surface area (Å²) in [6.45, 7) is 10.00. The molecule has 3 aromatic heterocycles. The van der Waals surface area contributed by atoms with Gasteiger partial charge in [-0.3, -0.25) is 0 Å². The molecule has 0 aliphatic carbocycles. The molecule has 0 saturated heterocycles. The normalized spacial score (nSPS) is 29.0. The van der Waals surface area contributed by atoms with Crippen molar-refractivity contribution in [2.24, 2.45) is 0 Å². The molecule has 0 spiro atoms. The summed E-state index contributed by atoms with van der Waals surface area (Å²) in [5, 5.41) is -0.491. The Morgan fingerprint density at radius 1 is 0.375 bits per heavy atom. The van der Waals surface area contributed by atoms with E-state index in [1.54, 1.807) is 57.5 Å². The molecule has 9 aliphatic rings. The minimum atomic E-state index is -0.148. The second kappa shape index (κ2) is 13.6. The van der Waals surface area contributed by atoms with Gasteiger partial charge < -0.3 is 56.8 Å². The van der Waals surface area contributed by atoms with Crippen LogP contribution in [-0.2, 0) is 28.4 Å². The Bertz CT molecular complexity index is 2400. The number of rotatable bonds is 3. The van der Waals surface area contributed by atoms with Crippen LogP contribution < -0.4 is 37.5 Å². The first kappa shape index (κ1) is 34.7. The van der Waals surface area contributed by atoms with E-state index in [0.717, 1.165) is 95.9 Å². The molecule has 0 bridgehead atoms. The van der Waals surface area contributed by atoms with Crippen LogP contribution in [0.15, 0.2) is 34.6 Å². The van der Waals surface area contributed by atoms with Gasteiger partial charge >= 0.3 is 0 Å². The van der Waals surface area contributed by atoms with Crippen molar-refractivity contribution in [3.8, 4) is 34.5 Å². The zero-order valence-electron chi connectivity index (χ0n) is 30.1. The van der Waals surface area contributed by atoms with Crippen LogP contribution in [0.4, 0.5) is 0 Å². The van der Waals surface area contributed by atoms with E-state index in [1.807, 2.05) is 11.8 Å². The van der Waals surface area contributed by atoms with Gasteiger partial charge in [-0.15, -0.1) is 69.3 Å². The molecule has 56 heavy (non-hydrogen) atoms. The van der Waals surface area contributed by atoms with Gasteiger partial charge in [0.2, 0.25) is 0 Å². The van der Waals surface area contributed by atoms with Crippen LogP contribution in [0.2, 0.25) is 0 Å².